The molecule has 96 valence electrons. The lowest BCUT2D eigenvalue weighted by molar-refractivity contribution is 0.272. The summed E-state index contributed by atoms with van der Waals surface area (Å²) in [6.07, 6.45) is 2.20. The molecule has 3 heteroatoms. The van der Waals surface area contributed by atoms with Gasteiger partial charge in [-0.2, -0.15) is 5.26 Å². The summed E-state index contributed by atoms with van der Waals surface area (Å²) in [5.74, 6) is 0.847. The average molecular weight is 244 g/mol. The number of nitriles is 1. The quantitative estimate of drug-likeness (QED) is 0.866. The molecule has 1 saturated carbocycles. The third kappa shape index (κ3) is 3.24. The number of nitrogens with zero attached hydrogens (tertiary/aromatic N) is 1. The fourth-order valence-electron chi connectivity index (χ4n) is 2.08. The molecule has 0 radical (unpaired) electrons. The first kappa shape index (κ1) is 12.9. The van der Waals surface area contributed by atoms with Gasteiger partial charge in [0.1, 0.15) is 11.8 Å². The summed E-state index contributed by atoms with van der Waals surface area (Å²) in [5.41, 5.74) is 3.49. The standard InChI is InChI=1S/C15H20N2O/c1-10-6-13(9-17-14-4-5-14)7-11(2)15(10)18-12(3)8-16/h6-7,12,14,17H,4-5,9H2,1-3H3. The first-order valence-electron chi connectivity index (χ1n) is 6.50. The molecule has 1 fully saturated rings. The molecule has 0 heterocycles. The highest BCUT2D eigenvalue weighted by molar-refractivity contribution is 5.43. The summed E-state index contributed by atoms with van der Waals surface area (Å²) in [6, 6.07) is 7.10. The van der Waals surface area contributed by atoms with Crippen molar-refractivity contribution in [2.24, 2.45) is 0 Å². The highest BCUT2D eigenvalue weighted by Crippen LogP contribution is 2.26. The van der Waals surface area contributed by atoms with Gasteiger partial charge in [0, 0.05) is 12.6 Å². The first-order chi connectivity index (χ1) is 8.60. The van der Waals surface area contributed by atoms with Crippen LogP contribution in [0.1, 0.15) is 36.5 Å². The lowest BCUT2D eigenvalue weighted by Crippen LogP contribution is -2.16. The van der Waals surface area contributed by atoms with Crippen molar-refractivity contribution < 1.29 is 4.74 Å². The second-order valence-corrected chi connectivity index (χ2v) is 5.10. The highest BCUT2D eigenvalue weighted by Gasteiger charge is 2.20. The zero-order chi connectivity index (χ0) is 13.1. The maximum absolute atomic E-state index is 8.80. The number of benzene rings is 1. The number of rotatable bonds is 5. The van der Waals surface area contributed by atoms with E-state index in [0.29, 0.717) is 0 Å². The van der Waals surface area contributed by atoms with E-state index >= 15 is 0 Å². The highest BCUT2D eigenvalue weighted by atomic mass is 16.5. The second kappa shape index (κ2) is 5.41. The number of aryl methyl sites for hydroxylation is 2. The van der Waals surface area contributed by atoms with Crippen LogP contribution in [-0.2, 0) is 6.54 Å². The van der Waals surface area contributed by atoms with Gasteiger partial charge in [-0.15, -0.1) is 0 Å². The van der Waals surface area contributed by atoms with Gasteiger partial charge in [-0.05, 0) is 50.3 Å². The topological polar surface area (TPSA) is 45.0 Å². The van der Waals surface area contributed by atoms with Crippen molar-refractivity contribution in [3.05, 3.63) is 28.8 Å². The zero-order valence-corrected chi connectivity index (χ0v) is 11.3. The largest absolute Gasteiger partial charge is 0.475 e. The molecule has 1 aliphatic carbocycles. The molecule has 18 heavy (non-hydrogen) atoms. The minimum Gasteiger partial charge on any atom is -0.475 e. The third-order valence-electron chi connectivity index (χ3n) is 3.17. The summed E-state index contributed by atoms with van der Waals surface area (Å²) in [7, 11) is 0. The molecule has 0 spiro atoms. The van der Waals surface area contributed by atoms with Gasteiger partial charge in [-0.25, -0.2) is 0 Å². The van der Waals surface area contributed by atoms with Gasteiger partial charge in [0.25, 0.3) is 0 Å². The second-order valence-electron chi connectivity index (χ2n) is 5.10. The monoisotopic (exact) mass is 244 g/mol. The van der Waals surface area contributed by atoms with E-state index in [1.165, 1.54) is 18.4 Å². The van der Waals surface area contributed by atoms with E-state index in [1.54, 1.807) is 6.92 Å². The van der Waals surface area contributed by atoms with Crippen LogP contribution in [-0.4, -0.2) is 12.1 Å². The van der Waals surface area contributed by atoms with Crippen LogP contribution in [0.2, 0.25) is 0 Å². The molecule has 1 aromatic rings. The Bertz CT molecular complexity index is 449. The minimum absolute atomic E-state index is 0.405. The van der Waals surface area contributed by atoms with Crippen molar-refractivity contribution in [3.63, 3.8) is 0 Å². The van der Waals surface area contributed by atoms with Crippen LogP contribution in [0.5, 0.6) is 5.75 Å². The Balaban J connectivity index is 2.09. The number of hydrogen-bond acceptors (Lipinski definition) is 3. The normalized spacial score (nSPS) is 16.1. The van der Waals surface area contributed by atoms with E-state index in [-0.39, 0.29) is 0 Å². The summed E-state index contributed by atoms with van der Waals surface area (Å²) >= 11 is 0. The van der Waals surface area contributed by atoms with Crippen LogP contribution in [0.3, 0.4) is 0 Å². The molecular weight excluding hydrogens is 224 g/mol. The molecule has 3 nitrogen and oxygen atoms in total. The number of ether oxygens (including phenoxy) is 1. The van der Waals surface area contributed by atoms with Crippen molar-refractivity contribution in [3.8, 4) is 11.8 Å². The predicted octanol–water partition coefficient (Wildman–Crippen LogP) is 2.85. The van der Waals surface area contributed by atoms with Gasteiger partial charge in [0.05, 0.1) is 0 Å². The van der Waals surface area contributed by atoms with E-state index in [1.807, 2.05) is 13.8 Å². The average Bonchev–Trinajstić information content (AvgIpc) is 3.15. The fraction of sp³-hybridized carbons (Fsp3) is 0.533. The number of hydrogen-bond donors (Lipinski definition) is 1. The van der Waals surface area contributed by atoms with E-state index in [2.05, 4.69) is 23.5 Å². The van der Waals surface area contributed by atoms with Crippen LogP contribution >= 0.6 is 0 Å². The minimum atomic E-state index is -0.405. The SMILES string of the molecule is Cc1cc(CNC2CC2)cc(C)c1OC(C)C#N. The molecule has 0 aromatic heterocycles. The smallest absolute Gasteiger partial charge is 0.181 e. The van der Waals surface area contributed by atoms with Crippen molar-refractivity contribution in [2.75, 3.05) is 0 Å². The summed E-state index contributed by atoms with van der Waals surface area (Å²) < 4.78 is 5.64. The van der Waals surface area contributed by atoms with Crippen LogP contribution in [0, 0.1) is 25.2 Å². The summed E-state index contributed by atoms with van der Waals surface area (Å²) in [4.78, 5) is 0. The Morgan fingerprint density at radius 2 is 2.00 bits per heavy atom. The Morgan fingerprint density at radius 1 is 1.39 bits per heavy atom. The Kier molecular flexibility index (Phi) is 3.88. The first-order valence-corrected chi connectivity index (χ1v) is 6.50. The fourth-order valence-corrected chi connectivity index (χ4v) is 2.08. The lowest BCUT2D eigenvalue weighted by atomic mass is 10.1. The number of nitrogens with one attached hydrogen (secondary N) is 1. The predicted molar refractivity (Wildman–Crippen MR) is 71.5 cm³/mol. The van der Waals surface area contributed by atoms with E-state index in [9.17, 15) is 0 Å². The van der Waals surface area contributed by atoms with Crippen molar-refractivity contribution in [2.45, 2.75) is 52.3 Å². The Labute approximate surface area is 109 Å². The van der Waals surface area contributed by atoms with Gasteiger partial charge in [-0.1, -0.05) is 12.1 Å². The van der Waals surface area contributed by atoms with E-state index in [0.717, 1.165) is 29.5 Å². The maximum atomic E-state index is 8.80. The Morgan fingerprint density at radius 3 is 2.50 bits per heavy atom. The summed E-state index contributed by atoms with van der Waals surface area (Å²) in [5, 5.41) is 12.3. The van der Waals surface area contributed by atoms with Gasteiger partial charge in [-0.3, -0.25) is 0 Å². The molecule has 2 rings (SSSR count). The van der Waals surface area contributed by atoms with Crippen LogP contribution in [0.25, 0.3) is 0 Å². The van der Waals surface area contributed by atoms with Crippen molar-refractivity contribution in [1.29, 1.82) is 5.26 Å². The zero-order valence-electron chi connectivity index (χ0n) is 11.3. The van der Waals surface area contributed by atoms with E-state index < -0.39 is 6.10 Å². The molecule has 0 amide bonds. The molecule has 1 N–H and O–H groups in total. The summed E-state index contributed by atoms with van der Waals surface area (Å²) in [6.45, 7) is 6.75. The van der Waals surface area contributed by atoms with Crippen molar-refractivity contribution >= 4 is 0 Å². The van der Waals surface area contributed by atoms with Gasteiger partial charge >= 0.3 is 0 Å². The van der Waals surface area contributed by atoms with Crippen LogP contribution in [0.4, 0.5) is 0 Å². The molecule has 0 saturated heterocycles. The van der Waals surface area contributed by atoms with Gasteiger partial charge in [0.2, 0.25) is 0 Å². The van der Waals surface area contributed by atoms with Gasteiger partial charge in [0.15, 0.2) is 6.10 Å². The van der Waals surface area contributed by atoms with Crippen LogP contribution < -0.4 is 10.1 Å². The molecular formula is C15H20N2O. The molecule has 0 aliphatic heterocycles. The lowest BCUT2D eigenvalue weighted by Gasteiger charge is -2.15. The molecule has 1 aromatic carbocycles. The molecule has 0 bridgehead atoms. The Hall–Kier alpha value is -1.53. The molecule has 1 atom stereocenters. The maximum Gasteiger partial charge on any atom is 0.181 e. The molecule has 1 aliphatic rings. The molecule has 1 unspecified atom stereocenters. The van der Waals surface area contributed by atoms with E-state index in [4.69, 9.17) is 10.00 Å². The third-order valence-corrected chi connectivity index (χ3v) is 3.17. The van der Waals surface area contributed by atoms with Crippen LogP contribution in [0.15, 0.2) is 12.1 Å². The van der Waals surface area contributed by atoms with Crippen molar-refractivity contribution in [1.82, 2.24) is 5.32 Å². The van der Waals surface area contributed by atoms with Gasteiger partial charge < -0.3 is 10.1 Å².